The molecule has 3 saturated heterocycles. The predicted molar refractivity (Wildman–Crippen MR) is 116 cm³/mol. The van der Waals surface area contributed by atoms with Crippen LogP contribution in [-0.2, 0) is 16.0 Å². The van der Waals surface area contributed by atoms with Gasteiger partial charge in [0.2, 0.25) is 0 Å². The van der Waals surface area contributed by atoms with E-state index in [0.29, 0.717) is 12.0 Å². The second-order valence-electron chi connectivity index (χ2n) is 8.70. The lowest BCUT2D eigenvalue weighted by Crippen LogP contribution is -2.53. The van der Waals surface area contributed by atoms with Crippen LogP contribution in [-0.4, -0.2) is 80.4 Å². The summed E-state index contributed by atoms with van der Waals surface area (Å²) in [6.45, 7) is 8.89. The first-order valence-electron chi connectivity index (χ1n) is 11.2. The van der Waals surface area contributed by atoms with Gasteiger partial charge in [0.15, 0.2) is 5.96 Å². The third-order valence-corrected chi connectivity index (χ3v) is 6.55. The molecule has 3 aliphatic rings. The molecule has 1 N–H and O–H groups in total. The molecule has 0 radical (unpaired) electrons. The molecule has 0 bridgehead atoms. The van der Waals surface area contributed by atoms with Crippen molar-refractivity contribution < 1.29 is 9.47 Å². The van der Waals surface area contributed by atoms with Gasteiger partial charge in [-0.1, -0.05) is 30.3 Å². The van der Waals surface area contributed by atoms with E-state index in [1.165, 1.54) is 12.0 Å². The number of benzene rings is 1. The van der Waals surface area contributed by atoms with Crippen LogP contribution >= 0.6 is 0 Å². The van der Waals surface area contributed by atoms with Crippen LogP contribution in [0.4, 0.5) is 0 Å². The zero-order valence-corrected chi connectivity index (χ0v) is 17.9. The third kappa shape index (κ3) is 5.30. The summed E-state index contributed by atoms with van der Waals surface area (Å²) in [6.07, 6.45) is 3.91. The Bertz CT molecular complexity index is 662. The van der Waals surface area contributed by atoms with Crippen molar-refractivity contribution in [3.8, 4) is 0 Å². The van der Waals surface area contributed by atoms with Gasteiger partial charge in [-0.05, 0) is 37.7 Å². The van der Waals surface area contributed by atoms with Crippen LogP contribution in [0.25, 0.3) is 0 Å². The minimum Gasteiger partial charge on any atom is -0.375 e. The van der Waals surface area contributed by atoms with E-state index in [1.54, 1.807) is 0 Å². The summed E-state index contributed by atoms with van der Waals surface area (Å²) < 4.78 is 11.8. The topological polar surface area (TPSA) is 49.3 Å². The van der Waals surface area contributed by atoms with Crippen LogP contribution in [0.2, 0.25) is 0 Å². The molecular formula is C23H36N4O2. The molecule has 6 heteroatoms. The van der Waals surface area contributed by atoms with E-state index in [-0.39, 0.29) is 12.2 Å². The van der Waals surface area contributed by atoms with E-state index in [2.05, 4.69) is 57.4 Å². The summed E-state index contributed by atoms with van der Waals surface area (Å²) in [5.74, 6) is 1.66. The van der Waals surface area contributed by atoms with Crippen LogP contribution in [0.3, 0.4) is 0 Å². The highest BCUT2D eigenvalue weighted by Gasteiger charge is 2.33. The highest BCUT2D eigenvalue weighted by atomic mass is 16.5. The van der Waals surface area contributed by atoms with E-state index in [0.717, 1.165) is 64.7 Å². The number of nitrogens with one attached hydrogen (secondary N) is 1. The lowest BCUT2D eigenvalue weighted by molar-refractivity contribution is -0.0817. The Labute approximate surface area is 175 Å². The Morgan fingerprint density at radius 1 is 1.14 bits per heavy atom. The first-order valence-corrected chi connectivity index (χ1v) is 11.2. The summed E-state index contributed by atoms with van der Waals surface area (Å²) in [5.41, 5.74) is 1.40. The molecular weight excluding hydrogens is 364 g/mol. The number of ether oxygens (including phenoxy) is 2. The molecule has 3 aliphatic heterocycles. The SMILES string of the molecule is CN=C(NCC1CC(C)N(Cc2ccccc2)C1)N1CCOC(C2CCCO2)C1. The number of likely N-dealkylation sites (tertiary alicyclic amines) is 1. The zero-order chi connectivity index (χ0) is 20.1. The summed E-state index contributed by atoms with van der Waals surface area (Å²) in [7, 11) is 1.89. The van der Waals surface area contributed by atoms with Crippen molar-refractivity contribution in [1.82, 2.24) is 15.1 Å². The Balaban J connectivity index is 1.26. The second kappa shape index (κ2) is 9.92. The maximum atomic E-state index is 5.99. The fourth-order valence-corrected chi connectivity index (χ4v) is 4.96. The zero-order valence-electron chi connectivity index (χ0n) is 17.9. The van der Waals surface area contributed by atoms with Gasteiger partial charge < -0.3 is 19.7 Å². The summed E-state index contributed by atoms with van der Waals surface area (Å²) >= 11 is 0. The summed E-state index contributed by atoms with van der Waals surface area (Å²) in [5, 5.41) is 3.65. The smallest absolute Gasteiger partial charge is 0.193 e. The molecule has 4 atom stereocenters. The van der Waals surface area contributed by atoms with Crippen molar-refractivity contribution in [3.05, 3.63) is 35.9 Å². The lowest BCUT2D eigenvalue weighted by Gasteiger charge is -2.37. The molecule has 29 heavy (non-hydrogen) atoms. The quantitative estimate of drug-likeness (QED) is 0.607. The van der Waals surface area contributed by atoms with Crippen LogP contribution in [0.5, 0.6) is 0 Å². The van der Waals surface area contributed by atoms with Gasteiger partial charge in [0.1, 0.15) is 6.10 Å². The normalized spacial score (nSPS) is 31.4. The van der Waals surface area contributed by atoms with Gasteiger partial charge in [0, 0.05) is 52.4 Å². The van der Waals surface area contributed by atoms with E-state index in [4.69, 9.17) is 9.47 Å². The number of morpholine rings is 1. The fourth-order valence-electron chi connectivity index (χ4n) is 4.96. The molecule has 0 aromatic heterocycles. The summed E-state index contributed by atoms with van der Waals surface area (Å²) in [6, 6.07) is 11.4. The van der Waals surface area contributed by atoms with Crippen LogP contribution in [0.1, 0.15) is 31.7 Å². The van der Waals surface area contributed by atoms with Crippen LogP contribution < -0.4 is 5.32 Å². The van der Waals surface area contributed by atoms with E-state index in [9.17, 15) is 0 Å². The Hall–Kier alpha value is -1.63. The number of hydrogen-bond donors (Lipinski definition) is 1. The van der Waals surface area contributed by atoms with Crippen molar-refractivity contribution in [1.29, 1.82) is 0 Å². The minimum absolute atomic E-state index is 0.165. The minimum atomic E-state index is 0.165. The van der Waals surface area contributed by atoms with Crippen LogP contribution in [0, 0.1) is 5.92 Å². The highest BCUT2D eigenvalue weighted by Crippen LogP contribution is 2.25. The lowest BCUT2D eigenvalue weighted by atomic mass is 10.1. The average molecular weight is 401 g/mol. The van der Waals surface area contributed by atoms with Crippen molar-refractivity contribution in [2.45, 2.75) is 51.0 Å². The number of nitrogens with zero attached hydrogens (tertiary/aromatic N) is 3. The predicted octanol–water partition coefficient (Wildman–Crippen LogP) is 2.35. The van der Waals surface area contributed by atoms with E-state index in [1.807, 2.05) is 7.05 Å². The molecule has 0 amide bonds. The molecule has 0 aliphatic carbocycles. The Morgan fingerprint density at radius 3 is 2.72 bits per heavy atom. The van der Waals surface area contributed by atoms with Gasteiger partial charge in [-0.15, -0.1) is 0 Å². The van der Waals surface area contributed by atoms with Gasteiger partial charge in [0.05, 0.1) is 12.7 Å². The fraction of sp³-hybridized carbons (Fsp3) is 0.696. The number of aliphatic imine (C=N–C) groups is 1. The molecule has 6 nitrogen and oxygen atoms in total. The number of hydrogen-bond acceptors (Lipinski definition) is 4. The molecule has 3 heterocycles. The Morgan fingerprint density at radius 2 is 1.97 bits per heavy atom. The van der Waals surface area contributed by atoms with Gasteiger partial charge in [-0.25, -0.2) is 0 Å². The van der Waals surface area contributed by atoms with Gasteiger partial charge in [-0.3, -0.25) is 9.89 Å². The molecule has 0 saturated carbocycles. The van der Waals surface area contributed by atoms with Gasteiger partial charge in [-0.2, -0.15) is 0 Å². The van der Waals surface area contributed by atoms with E-state index < -0.39 is 0 Å². The number of rotatable bonds is 5. The maximum Gasteiger partial charge on any atom is 0.193 e. The van der Waals surface area contributed by atoms with Crippen LogP contribution in [0.15, 0.2) is 35.3 Å². The summed E-state index contributed by atoms with van der Waals surface area (Å²) in [4.78, 5) is 9.51. The third-order valence-electron chi connectivity index (χ3n) is 6.55. The Kier molecular flexibility index (Phi) is 7.06. The second-order valence-corrected chi connectivity index (χ2v) is 8.70. The van der Waals surface area contributed by atoms with Gasteiger partial charge in [0.25, 0.3) is 0 Å². The first kappa shape index (κ1) is 20.6. The first-order chi connectivity index (χ1) is 14.2. The standard InChI is InChI=1S/C23H36N4O2/c1-18-13-20(16-27(18)15-19-7-4-3-5-8-19)14-25-23(24-2)26-10-12-29-22(17-26)21-9-6-11-28-21/h3-5,7-8,18,20-22H,6,9-17H2,1-2H3,(H,24,25). The molecule has 4 unspecified atom stereocenters. The van der Waals surface area contributed by atoms with Crippen molar-refractivity contribution >= 4 is 5.96 Å². The number of guanidine groups is 1. The molecule has 3 fully saturated rings. The molecule has 160 valence electrons. The molecule has 4 rings (SSSR count). The molecule has 0 spiro atoms. The largest absolute Gasteiger partial charge is 0.375 e. The maximum absolute atomic E-state index is 5.99. The van der Waals surface area contributed by atoms with Crippen molar-refractivity contribution in [3.63, 3.8) is 0 Å². The molecule has 1 aromatic carbocycles. The van der Waals surface area contributed by atoms with Crippen molar-refractivity contribution in [2.75, 3.05) is 46.4 Å². The van der Waals surface area contributed by atoms with E-state index >= 15 is 0 Å². The average Bonchev–Trinajstić information content (AvgIpc) is 3.40. The monoisotopic (exact) mass is 400 g/mol. The molecule has 1 aromatic rings. The van der Waals surface area contributed by atoms with Gasteiger partial charge >= 0.3 is 0 Å². The van der Waals surface area contributed by atoms with Crippen molar-refractivity contribution in [2.24, 2.45) is 10.9 Å². The highest BCUT2D eigenvalue weighted by molar-refractivity contribution is 5.80.